The van der Waals surface area contributed by atoms with Crippen molar-refractivity contribution in [2.45, 2.75) is 25.2 Å². The van der Waals surface area contributed by atoms with Gasteiger partial charge >= 0.3 is 0 Å². The molecule has 0 aliphatic heterocycles. The highest BCUT2D eigenvalue weighted by atomic mass is 32.2. The van der Waals surface area contributed by atoms with Crippen LogP contribution in [-0.2, 0) is 10.0 Å². The lowest BCUT2D eigenvalue weighted by Crippen LogP contribution is -2.29. The molecule has 0 unspecified atom stereocenters. The van der Waals surface area contributed by atoms with E-state index in [-0.39, 0.29) is 4.90 Å². The van der Waals surface area contributed by atoms with Crippen LogP contribution in [0, 0.1) is 13.8 Å². The number of nitrogens with one attached hydrogen (secondary N) is 1. The zero-order chi connectivity index (χ0) is 13.2. The zero-order valence-electron chi connectivity index (χ0n) is 9.50. The summed E-state index contributed by atoms with van der Waals surface area (Å²) in [7, 11) is -3.95. The summed E-state index contributed by atoms with van der Waals surface area (Å²) in [6.07, 6.45) is -2.73. The van der Waals surface area contributed by atoms with E-state index in [1.165, 1.54) is 0 Å². The van der Waals surface area contributed by atoms with E-state index in [4.69, 9.17) is 5.73 Å². The molecule has 1 aromatic carbocycles. The molecule has 0 atom stereocenters. The van der Waals surface area contributed by atoms with Gasteiger partial charge in [-0.1, -0.05) is 6.07 Å². The Balaban J connectivity index is 3.19. The van der Waals surface area contributed by atoms with Crippen LogP contribution in [0.15, 0.2) is 17.0 Å². The Labute approximate surface area is 98.9 Å². The molecule has 0 fully saturated rings. The third-order valence-corrected chi connectivity index (χ3v) is 4.05. The minimum Gasteiger partial charge on any atom is -0.398 e. The molecule has 0 bridgehead atoms. The van der Waals surface area contributed by atoms with Gasteiger partial charge in [0.1, 0.15) is 0 Å². The van der Waals surface area contributed by atoms with Gasteiger partial charge in [0.2, 0.25) is 10.0 Å². The lowest BCUT2D eigenvalue weighted by atomic mass is 10.1. The molecular weight excluding hydrogens is 250 g/mol. The Morgan fingerprint density at radius 1 is 1.35 bits per heavy atom. The summed E-state index contributed by atoms with van der Waals surface area (Å²) in [4.78, 5) is -0.0295. The number of rotatable bonds is 4. The van der Waals surface area contributed by atoms with Crippen molar-refractivity contribution in [2.24, 2.45) is 0 Å². The molecule has 0 aromatic heterocycles. The van der Waals surface area contributed by atoms with Gasteiger partial charge in [-0.25, -0.2) is 21.9 Å². The minimum absolute atomic E-state index is 0.0295. The maximum absolute atomic E-state index is 12.0. The van der Waals surface area contributed by atoms with Gasteiger partial charge in [-0.15, -0.1) is 0 Å². The fourth-order valence-electron chi connectivity index (χ4n) is 1.50. The number of anilines is 1. The first kappa shape index (κ1) is 13.9. The number of hydrogen-bond acceptors (Lipinski definition) is 3. The highest BCUT2D eigenvalue weighted by Gasteiger charge is 2.21. The molecule has 1 aromatic rings. The average molecular weight is 264 g/mol. The van der Waals surface area contributed by atoms with E-state index in [0.29, 0.717) is 16.8 Å². The van der Waals surface area contributed by atoms with E-state index in [2.05, 4.69) is 0 Å². The summed E-state index contributed by atoms with van der Waals surface area (Å²) >= 11 is 0. The van der Waals surface area contributed by atoms with Crippen LogP contribution in [0.5, 0.6) is 0 Å². The molecule has 17 heavy (non-hydrogen) atoms. The van der Waals surface area contributed by atoms with Crippen molar-refractivity contribution in [3.63, 3.8) is 0 Å². The van der Waals surface area contributed by atoms with Gasteiger partial charge in [-0.2, -0.15) is 0 Å². The number of nitrogen functional groups attached to an aromatic ring is 1. The first-order chi connectivity index (χ1) is 7.75. The van der Waals surface area contributed by atoms with Gasteiger partial charge in [-0.05, 0) is 31.0 Å². The number of hydrogen-bond donors (Lipinski definition) is 2. The minimum atomic E-state index is -3.95. The third-order valence-electron chi connectivity index (χ3n) is 2.34. The molecule has 96 valence electrons. The fraction of sp³-hybridized carbons (Fsp3) is 0.400. The second-order valence-corrected chi connectivity index (χ2v) is 5.37. The molecule has 0 saturated heterocycles. The summed E-state index contributed by atoms with van der Waals surface area (Å²) in [5, 5.41) is 0. The van der Waals surface area contributed by atoms with Crippen LogP contribution in [0.2, 0.25) is 0 Å². The van der Waals surface area contributed by atoms with E-state index >= 15 is 0 Å². The van der Waals surface area contributed by atoms with Crippen LogP contribution in [0.4, 0.5) is 14.5 Å². The maximum Gasteiger partial charge on any atom is 0.251 e. The van der Waals surface area contributed by atoms with Crippen molar-refractivity contribution in [3.05, 3.63) is 23.3 Å². The molecule has 0 radical (unpaired) electrons. The fourth-order valence-corrected chi connectivity index (χ4v) is 3.00. The van der Waals surface area contributed by atoms with Crippen molar-refractivity contribution < 1.29 is 17.2 Å². The van der Waals surface area contributed by atoms with Gasteiger partial charge < -0.3 is 5.73 Å². The van der Waals surface area contributed by atoms with Crippen molar-refractivity contribution in [1.82, 2.24) is 4.72 Å². The summed E-state index contributed by atoms with van der Waals surface area (Å²) in [6, 6.07) is 3.12. The van der Waals surface area contributed by atoms with Crippen molar-refractivity contribution in [3.8, 4) is 0 Å². The topological polar surface area (TPSA) is 72.2 Å². The Morgan fingerprint density at radius 3 is 2.47 bits per heavy atom. The second-order valence-electron chi connectivity index (χ2n) is 3.67. The predicted octanol–water partition coefficient (Wildman–Crippen LogP) is 1.43. The van der Waals surface area contributed by atoms with Crippen LogP contribution < -0.4 is 10.5 Å². The molecule has 0 saturated carbocycles. The largest absolute Gasteiger partial charge is 0.398 e. The van der Waals surface area contributed by atoms with Gasteiger partial charge in [0.05, 0.1) is 11.4 Å². The molecule has 4 nitrogen and oxygen atoms in total. The molecule has 0 aliphatic rings. The van der Waals surface area contributed by atoms with Crippen LogP contribution in [0.1, 0.15) is 11.1 Å². The van der Waals surface area contributed by atoms with Crippen molar-refractivity contribution >= 4 is 15.7 Å². The Hall–Kier alpha value is -1.21. The van der Waals surface area contributed by atoms with Crippen LogP contribution in [-0.4, -0.2) is 21.4 Å². The zero-order valence-corrected chi connectivity index (χ0v) is 10.3. The Bertz CT molecular complexity index is 515. The van der Waals surface area contributed by atoms with Crippen molar-refractivity contribution in [2.75, 3.05) is 12.3 Å². The number of nitrogens with two attached hydrogens (primary N) is 1. The van der Waals surface area contributed by atoms with Crippen molar-refractivity contribution in [1.29, 1.82) is 0 Å². The average Bonchev–Trinajstić information content (AvgIpc) is 2.21. The molecule has 0 amide bonds. The monoisotopic (exact) mass is 264 g/mol. The molecular formula is C10H14F2N2O2S. The maximum atomic E-state index is 12.0. The molecule has 0 aliphatic carbocycles. The van der Waals surface area contributed by atoms with E-state index in [9.17, 15) is 17.2 Å². The van der Waals surface area contributed by atoms with Crippen LogP contribution in [0.25, 0.3) is 0 Å². The first-order valence-electron chi connectivity index (χ1n) is 4.89. The van der Waals surface area contributed by atoms with E-state index in [1.54, 1.807) is 26.0 Å². The summed E-state index contributed by atoms with van der Waals surface area (Å²) in [5.41, 5.74) is 6.75. The normalized spacial score (nSPS) is 12.1. The third kappa shape index (κ3) is 3.13. The number of alkyl halides is 2. The summed E-state index contributed by atoms with van der Waals surface area (Å²) in [6.45, 7) is 2.22. The van der Waals surface area contributed by atoms with Crippen LogP contribution in [0.3, 0.4) is 0 Å². The van der Waals surface area contributed by atoms with Crippen LogP contribution >= 0.6 is 0 Å². The van der Waals surface area contributed by atoms with Gasteiger partial charge in [0.15, 0.2) is 0 Å². The van der Waals surface area contributed by atoms with Gasteiger partial charge in [0, 0.05) is 5.69 Å². The Kier molecular flexibility index (Phi) is 4.05. The Morgan fingerprint density at radius 2 is 1.94 bits per heavy atom. The number of halogens is 2. The van der Waals surface area contributed by atoms with E-state index < -0.39 is 23.0 Å². The highest BCUT2D eigenvalue weighted by Crippen LogP contribution is 2.24. The predicted molar refractivity (Wildman–Crippen MR) is 61.5 cm³/mol. The second kappa shape index (κ2) is 4.97. The van der Waals surface area contributed by atoms with Gasteiger partial charge in [-0.3, -0.25) is 0 Å². The molecule has 0 spiro atoms. The lowest BCUT2D eigenvalue weighted by Gasteiger charge is -2.13. The van der Waals surface area contributed by atoms with E-state index in [1.807, 2.05) is 4.72 Å². The van der Waals surface area contributed by atoms with Gasteiger partial charge in [0.25, 0.3) is 6.43 Å². The molecule has 0 heterocycles. The standard InChI is InChI=1S/C10H14F2N2O2S/c1-6-3-4-8(13)7(2)10(6)17(15,16)14-5-9(11)12/h3-4,9,14H,5,13H2,1-2H3. The molecule has 1 rings (SSSR count). The molecule has 3 N–H and O–H groups in total. The number of benzene rings is 1. The smallest absolute Gasteiger partial charge is 0.251 e. The summed E-state index contributed by atoms with van der Waals surface area (Å²) in [5.74, 6) is 0. The quantitative estimate of drug-likeness (QED) is 0.808. The molecule has 7 heteroatoms. The van der Waals surface area contributed by atoms with E-state index in [0.717, 1.165) is 0 Å². The SMILES string of the molecule is Cc1ccc(N)c(C)c1S(=O)(=O)NCC(F)F. The first-order valence-corrected chi connectivity index (χ1v) is 6.37. The number of sulfonamides is 1. The lowest BCUT2D eigenvalue weighted by molar-refractivity contribution is 0.153. The highest BCUT2D eigenvalue weighted by molar-refractivity contribution is 7.89. The number of aryl methyl sites for hydroxylation is 1. The summed E-state index contributed by atoms with van der Waals surface area (Å²) < 4.78 is 49.5.